The van der Waals surface area contributed by atoms with Crippen LogP contribution in [0.4, 0.5) is 0 Å². The number of ether oxygens (including phenoxy) is 1. The molecule has 1 heterocycles. The molecule has 0 aliphatic heterocycles. The van der Waals surface area contributed by atoms with Crippen molar-refractivity contribution < 1.29 is 4.74 Å². The van der Waals surface area contributed by atoms with Crippen molar-refractivity contribution in [3.05, 3.63) is 70.2 Å². The van der Waals surface area contributed by atoms with Crippen LogP contribution in [-0.4, -0.2) is 12.1 Å². The minimum atomic E-state index is 0.694. The molecule has 3 aromatic rings. The highest BCUT2D eigenvalue weighted by Crippen LogP contribution is 2.29. The topological polar surface area (TPSA) is 22.1 Å². The molecular formula is C17H14BrNO. The van der Waals surface area contributed by atoms with E-state index in [1.54, 1.807) is 7.11 Å². The first-order chi connectivity index (χ1) is 9.78. The predicted molar refractivity (Wildman–Crippen MR) is 85.2 cm³/mol. The van der Waals surface area contributed by atoms with Gasteiger partial charge in [-0.1, -0.05) is 52.3 Å². The Morgan fingerprint density at radius 1 is 1.05 bits per heavy atom. The van der Waals surface area contributed by atoms with E-state index in [1.165, 1.54) is 5.56 Å². The highest BCUT2D eigenvalue weighted by Gasteiger charge is 2.09. The normalized spacial score (nSPS) is 10.7. The molecule has 0 saturated carbocycles. The summed E-state index contributed by atoms with van der Waals surface area (Å²) in [6, 6.07) is 18.5. The van der Waals surface area contributed by atoms with Crippen molar-refractivity contribution in [3.8, 4) is 5.88 Å². The molecule has 2 aromatic carbocycles. The molecule has 1 aromatic heterocycles. The maximum atomic E-state index is 5.44. The van der Waals surface area contributed by atoms with Crippen LogP contribution in [0.25, 0.3) is 10.9 Å². The highest BCUT2D eigenvalue weighted by molar-refractivity contribution is 9.10. The van der Waals surface area contributed by atoms with Crippen LogP contribution in [0.1, 0.15) is 11.1 Å². The van der Waals surface area contributed by atoms with E-state index in [9.17, 15) is 0 Å². The Bertz CT molecular complexity index is 741. The highest BCUT2D eigenvalue weighted by atomic mass is 79.9. The van der Waals surface area contributed by atoms with Crippen molar-refractivity contribution >= 4 is 26.8 Å². The SMILES string of the molecule is COc1nc2cccc(Br)c2cc1Cc1ccccc1. The number of methoxy groups -OCH3 is 1. The number of rotatable bonds is 3. The second-order valence-electron chi connectivity index (χ2n) is 4.63. The maximum Gasteiger partial charge on any atom is 0.217 e. The van der Waals surface area contributed by atoms with Gasteiger partial charge in [0.05, 0.1) is 12.6 Å². The average molecular weight is 328 g/mol. The number of halogens is 1. The number of pyridine rings is 1. The Kier molecular flexibility index (Phi) is 3.70. The molecule has 3 heteroatoms. The molecule has 100 valence electrons. The van der Waals surface area contributed by atoms with E-state index in [1.807, 2.05) is 36.4 Å². The summed E-state index contributed by atoms with van der Waals surface area (Å²) in [4.78, 5) is 4.60. The van der Waals surface area contributed by atoms with Gasteiger partial charge in [0.1, 0.15) is 0 Å². The van der Waals surface area contributed by atoms with Gasteiger partial charge in [0.15, 0.2) is 0 Å². The van der Waals surface area contributed by atoms with Gasteiger partial charge in [0.25, 0.3) is 0 Å². The number of nitrogens with zero attached hydrogens (tertiary/aromatic N) is 1. The monoisotopic (exact) mass is 327 g/mol. The minimum absolute atomic E-state index is 0.694. The molecule has 0 spiro atoms. The largest absolute Gasteiger partial charge is 0.481 e. The zero-order valence-electron chi connectivity index (χ0n) is 11.1. The van der Waals surface area contributed by atoms with E-state index < -0.39 is 0 Å². The molecule has 0 aliphatic rings. The molecule has 3 rings (SSSR count). The first kappa shape index (κ1) is 13.1. The second kappa shape index (κ2) is 5.63. The number of hydrogen-bond acceptors (Lipinski definition) is 2. The van der Waals surface area contributed by atoms with Gasteiger partial charge in [-0.25, -0.2) is 4.98 Å². The first-order valence-electron chi connectivity index (χ1n) is 6.44. The molecule has 0 atom stereocenters. The van der Waals surface area contributed by atoms with Gasteiger partial charge in [-0.15, -0.1) is 0 Å². The quantitative estimate of drug-likeness (QED) is 0.701. The average Bonchev–Trinajstić information content (AvgIpc) is 2.48. The van der Waals surface area contributed by atoms with Crippen LogP contribution in [-0.2, 0) is 6.42 Å². The van der Waals surface area contributed by atoms with Gasteiger partial charge in [0, 0.05) is 21.8 Å². The first-order valence-corrected chi connectivity index (χ1v) is 7.23. The van der Waals surface area contributed by atoms with E-state index in [2.05, 4.69) is 39.1 Å². The molecular weight excluding hydrogens is 314 g/mol. The van der Waals surface area contributed by atoms with Gasteiger partial charge in [-0.2, -0.15) is 0 Å². The number of fused-ring (bicyclic) bond motifs is 1. The summed E-state index contributed by atoms with van der Waals surface area (Å²) in [5.74, 6) is 0.694. The lowest BCUT2D eigenvalue weighted by Gasteiger charge is -2.10. The van der Waals surface area contributed by atoms with Crippen LogP contribution in [0.3, 0.4) is 0 Å². The summed E-state index contributed by atoms with van der Waals surface area (Å²) in [6.07, 6.45) is 0.814. The molecule has 0 unspecified atom stereocenters. The Morgan fingerprint density at radius 3 is 2.60 bits per heavy atom. The number of aromatic nitrogens is 1. The van der Waals surface area contributed by atoms with E-state index in [4.69, 9.17) is 4.74 Å². The lowest BCUT2D eigenvalue weighted by atomic mass is 10.0. The maximum absolute atomic E-state index is 5.44. The lowest BCUT2D eigenvalue weighted by molar-refractivity contribution is 0.395. The summed E-state index contributed by atoms with van der Waals surface area (Å²) in [5.41, 5.74) is 3.28. The summed E-state index contributed by atoms with van der Waals surface area (Å²) in [5, 5.41) is 1.11. The fourth-order valence-corrected chi connectivity index (χ4v) is 2.77. The summed E-state index contributed by atoms with van der Waals surface area (Å²) in [6.45, 7) is 0. The Hall–Kier alpha value is -1.87. The minimum Gasteiger partial charge on any atom is -0.481 e. The standard InChI is InChI=1S/C17H14BrNO/c1-20-17-13(10-12-6-3-2-4-7-12)11-14-15(18)8-5-9-16(14)19-17/h2-9,11H,10H2,1H3. The predicted octanol–water partition coefficient (Wildman–Crippen LogP) is 4.60. The van der Waals surface area contributed by atoms with Crippen molar-refractivity contribution in [1.82, 2.24) is 4.98 Å². The fraction of sp³-hybridized carbons (Fsp3) is 0.118. The molecule has 0 radical (unpaired) electrons. The Balaban J connectivity index is 2.11. The van der Waals surface area contributed by atoms with Crippen LogP contribution >= 0.6 is 15.9 Å². The lowest BCUT2D eigenvalue weighted by Crippen LogP contribution is -1.97. The van der Waals surface area contributed by atoms with Crippen LogP contribution in [0, 0.1) is 0 Å². The molecule has 2 nitrogen and oxygen atoms in total. The van der Waals surface area contributed by atoms with E-state index in [0.717, 1.165) is 27.4 Å². The zero-order valence-corrected chi connectivity index (χ0v) is 12.7. The third kappa shape index (κ3) is 2.54. The molecule has 0 N–H and O–H groups in total. The number of hydrogen-bond donors (Lipinski definition) is 0. The summed E-state index contributed by atoms with van der Waals surface area (Å²) in [7, 11) is 1.67. The van der Waals surface area contributed by atoms with Crippen LogP contribution < -0.4 is 4.74 Å². The smallest absolute Gasteiger partial charge is 0.217 e. The van der Waals surface area contributed by atoms with Gasteiger partial charge in [-0.3, -0.25) is 0 Å². The number of benzene rings is 2. The van der Waals surface area contributed by atoms with Crippen molar-refractivity contribution in [1.29, 1.82) is 0 Å². The van der Waals surface area contributed by atoms with Gasteiger partial charge < -0.3 is 4.74 Å². The van der Waals surface area contributed by atoms with E-state index >= 15 is 0 Å². The van der Waals surface area contributed by atoms with Crippen molar-refractivity contribution in [2.45, 2.75) is 6.42 Å². The Labute approximate surface area is 126 Å². The summed E-state index contributed by atoms with van der Waals surface area (Å²) >= 11 is 3.58. The van der Waals surface area contributed by atoms with Gasteiger partial charge in [-0.05, 0) is 23.8 Å². The fourth-order valence-electron chi connectivity index (χ4n) is 2.30. The molecule has 0 saturated heterocycles. The van der Waals surface area contributed by atoms with Gasteiger partial charge in [0.2, 0.25) is 5.88 Å². The third-order valence-electron chi connectivity index (χ3n) is 3.28. The van der Waals surface area contributed by atoms with Crippen molar-refractivity contribution in [2.75, 3.05) is 7.11 Å². The third-order valence-corrected chi connectivity index (χ3v) is 3.97. The zero-order chi connectivity index (χ0) is 13.9. The van der Waals surface area contributed by atoms with E-state index in [0.29, 0.717) is 5.88 Å². The van der Waals surface area contributed by atoms with E-state index in [-0.39, 0.29) is 0 Å². The molecule has 0 aliphatic carbocycles. The molecule has 0 bridgehead atoms. The molecule has 0 fully saturated rings. The van der Waals surface area contributed by atoms with Gasteiger partial charge >= 0.3 is 0 Å². The molecule has 20 heavy (non-hydrogen) atoms. The van der Waals surface area contributed by atoms with Crippen LogP contribution in [0.2, 0.25) is 0 Å². The second-order valence-corrected chi connectivity index (χ2v) is 5.48. The van der Waals surface area contributed by atoms with Crippen LogP contribution in [0.5, 0.6) is 5.88 Å². The molecule has 0 amide bonds. The Morgan fingerprint density at radius 2 is 1.85 bits per heavy atom. The van der Waals surface area contributed by atoms with Crippen LogP contribution in [0.15, 0.2) is 59.1 Å². The summed E-state index contributed by atoms with van der Waals surface area (Å²) < 4.78 is 6.49. The van der Waals surface area contributed by atoms with Crippen molar-refractivity contribution in [3.63, 3.8) is 0 Å². The van der Waals surface area contributed by atoms with Crippen molar-refractivity contribution in [2.24, 2.45) is 0 Å².